The zero-order valence-corrected chi connectivity index (χ0v) is 12.9. The zero-order chi connectivity index (χ0) is 14.0. The Morgan fingerprint density at radius 3 is 2.56 bits per heavy atom. The van der Waals surface area contributed by atoms with Gasteiger partial charge in [-0.15, -0.1) is 0 Å². The van der Waals surface area contributed by atoms with E-state index in [0.29, 0.717) is 6.42 Å². The van der Waals surface area contributed by atoms with Gasteiger partial charge in [-0.25, -0.2) is 0 Å². The van der Waals surface area contributed by atoms with Crippen molar-refractivity contribution >= 4 is 27.1 Å². The Morgan fingerprint density at radius 1 is 1.44 bits per heavy atom. The second kappa shape index (κ2) is 9.56. The summed E-state index contributed by atoms with van der Waals surface area (Å²) in [6.07, 6.45) is 4.79. The van der Waals surface area contributed by atoms with E-state index < -0.39 is 10.7 Å². The number of nitrogens with zero attached hydrogens (tertiary/aromatic N) is 1. The average Bonchev–Trinajstić information content (AvgIpc) is 2.37. The van der Waals surface area contributed by atoms with Crippen molar-refractivity contribution in [2.75, 3.05) is 7.11 Å². The molecular weight excluding hydrogens is 266 g/mol. The maximum atomic E-state index is 9.58. The van der Waals surface area contributed by atoms with Crippen LogP contribution in [0.4, 0.5) is 0 Å². The second-order valence-corrected chi connectivity index (χ2v) is 7.03. The molecule has 0 heterocycles. The molecule has 0 aliphatic rings. The summed E-state index contributed by atoms with van der Waals surface area (Å²) in [6, 6.07) is 2.11. The van der Waals surface area contributed by atoms with E-state index in [0.717, 1.165) is 19.3 Å². The van der Waals surface area contributed by atoms with Crippen LogP contribution in [-0.4, -0.2) is 42.5 Å². The van der Waals surface area contributed by atoms with Crippen LogP contribution in [0.15, 0.2) is 0 Å². The van der Waals surface area contributed by atoms with Crippen LogP contribution in [0, 0.1) is 11.3 Å². The quantitative estimate of drug-likeness (QED) is 0.261. The van der Waals surface area contributed by atoms with E-state index >= 15 is 0 Å². The summed E-state index contributed by atoms with van der Waals surface area (Å²) in [5.41, 5.74) is 0. The molecule has 0 fully saturated rings. The third kappa shape index (κ3) is 7.16. The minimum Gasteiger partial charge on any atom is -0.513 e. The lowest BCUT2D eigenvalue weighted by molar-refractivity contribution is -0.0290. The Balaban J connectivity index is 4.31. The third-order valence-corrected chi connectivity index (χ3v) is 4.56. The first kappa shape index (κ1) is 17.6. The van der Waals surface area contributed by atoms with Crippen LogP contribution in [0.2, 0.25) is 0 Å². The first-order valence-electron chi connectivity index (χ1n) is 6.17. The lowest BCUT2D eigenvalue weighted by Gasteiger charge is -2.17. The molecule has 0 aliphatic heterocycles. The SMILES string of the molecule is CCCCCCCC(S)(C#N)[Si]=C(O)C(O)OC. The number of hydrogen-bond donors (Lipinski definition) is 3. The number of unbranched alkanes of at least 4 members (excludes halogenated alkanes) is 4. The van der Waals surface area contributed by atoms with Crippen molar-refractivity contribution in [2.24, 2.45) is 0 Å². The zero-order valence-electron chi connectivity index (χ0n) is 11.0. The summed E-state index contributed by atoms with van der Waals surface area (Å²) in [7, 11) is 1.04. The maximum Gasteiger partial charge on any atom is 0.208 e. The lowest BCUT2D eigenvalue weighted by Crippen LogP contribution is -2.34. The molecule has 18 heavy (non-hydrogen) atoms. The Morgan fingerprint density at radius 2 is 2.06 bits per heavy atom. The smallest absolute Gasteiger partial charge is 0.208 e. The van der Waals surface area contributed by atoms with Crippen LogP contribution in [0.1, 0.15) is 45.4 Å². The summed E-state index contributed by atoms with van der Waals surface area (Å²) < 4.78 is 3.69. The molecule has 0 saturated carbocycles. The van der Waals surface area contributed by atoms with Crippen LogP contribution in [0.5, 0.6) is 0 Å². The van der Waals surface area contributed by atoms with Crippen LogP contribution in [0.3, 0.4) is 0 Å². The Hall–Kier alpha value is -0.353. The van der Waals surface area contributed by atoms with Gasteiger partial charge in [0.2, 0.25) is 6.29 Å². The fourth-order valence-corrected chi connectivity index (χ4v) is 3.04. The summed E-state index contributed by atoms with van der Waals surface area (Å²) in [5.74, 6) is 0. The highest BCUT2D eigenvalue weighted by atomic mass is 32.1. The molecule has 2 N–H and O–H groups in total. The summed E-state index contributed by atoms with van der Waals surface area (Å²) in [4.78, 5) is 0. The maximum absolute atomic E-state index is 9.58. The molecule has 0 bridgehead atoms. The van der Waals surface area contributed by atoms with Crippen molar-refractivity contribution in [2.45, 2.75) is 56.1 Å². The molecule has 6 heteroatoms. The fraction of sp³-hybridized carbons (Fsp3) is 0.833. The molecule has 0 saturated heterocycles. The van der Waals surface area contributed by atoms with E-state index in [-0.39, 0.29) is 14.5 Å². The molecule has 0 spiro atoms. The van der Waals surface area contributed by atoms with Gasteiger partial charge in [0.05, 0.1) is 6.07 Å². The van der Waals surface area contributed by atoms with Crippen molar-refractivity contribution in [1.29, 1.82) is 5.26 Å². The Labute approximate surface area is 117 Å². The van der Waals surface area contributed by atoms with Crippen molar-refractivity contribution in [3.8, 4) is 6.07 Å². The minimum absolute atomic E-state index is 0.220. The average molecular weight is 288 g/mol. The fourth-order valence-electron chi connectivity index (χ4n) is 1.52. The first-order valence-corrected chi connectivity index (χ1v) is 7.62. The Bertz CT molecular complexity index is 306. The molecule has 1 radical (unpaired) electrons. The van der Waals surface area contributed by atoms with Gasteiger partial charge in [-0.2, -0.15) is 17.9 Å². The lowest BCUT2D eigenvalue weighted by atomic mass is 10.1. The molecule has 0 amide bonds. The van der Waals surface area contributed by atoms with Crippen molar-refractivity contribution in [3.05, 3.63) is 0 Å². The van der Waals surface area contributed by atoms with Crippen molar-refractivity contribution < 1.29 is 14.9 Å². The van der Waals surface area contributed by atoms with Crippen molar-refractivity contribution in [3.63, 3.8) is 0 Å². The first-order chi connectivity index (χ1) is 8.49. The molecule has 0 aliphatic carbocycles. The number of ether oxygens (including phenoxy) is 1. The molecule has 4 nitrogen and oxygen atoms in total. The molecule has 2 unspecified atom stereocenters. The molecule has 2 atom stereocenters. The molecule has 0 aromatic carbocycles. The third-order valence-electron chi connectivity index (χ3n) is 2.62. The number of aliphatic hydroxyl groups is 2. The predicted molar refractivity (Wildman–Crippen MR) is 76.4 cm³/mol. The molecule has 0 aromatic rings. The number of aliphatic hydroxyl groups excluding tert-OH is 2. The number of methoxy groups -OCH3 is 1. The largest absolute Gasteiger partial charge is 0.513 e. The van der Waals surface area contributed by atoms with Gasteiger partial charge in [0.1, 0.15) is 18.9 Å². The standard InChI is InChI=1S/C12H22NO3SSi/c1-3-4-5-6-7-8-12(17,9-13)18-11(15)10(14)16-2/h10,14-15,17H,3-8H2,1-2H3. The number of rotatable bonds is 9. The van der Waals surface area contributed by atoms with E-state index in [1.54, 1.807) is 0 Å². The minimum atomic E-state index is -1.33. The highest BCUT2D eigenvalue weighted by molar-refractivity contribution is 7.83. The normalized spacial score (nSPS) is 16.9. The molecule has 0 aromatic heterocycles. The van der Waals surface area contributed by atoms with Gasteiger partial charge in [0, 0.05) is 7.11 Å². The van der Waals surface area contributed by atoms with Gasteiger partial charge in [-0.3, -0.25) is 0 Å². The van der Waals surface area contributed by atoms with E-state index in [4.69, 9.17) is 5.26 Å². The number of nitriles is 1. The van der Waals surface area contributed by atoms with E-state index in [1.165, 1.54) is 20.0 Å². The van der Waals surface area contributed by atoms with E-state index in [9.17, 15) is 10.2 Å². The summed E-state index contributed by atoms with van der Waals surface area (Å²) >= 11 is 4.32. The van der Waals surface area contributed by atoms with E-state index in [1.807, 2.05) is 0 Å². The van der Waals surface area contributed by atoms with Gasteiger partial charge in [0.25, 0.3) is 0 Å². The van der Waals surface area contributed by atoms with E-state index in [2.05, 4.69) is 30.4 Å². The summed E-state index contributed by atoms with van der Waals surface area (Å²) in [5, 5.41) is 27.8. The highest BCUT2D eigenvalue weighted by Crippen LogP contribution is 2.20. The monoisotopic (exact) mass is 288 g/mol. The highest BCUT2D eigenvalue weighted by Gasteiger charge is 2.25. The number of hydrogen-bond acceptors (Lipinski definition) is 5. The van der Waals surface area contributed by atoms with Crippen LogP contribution < -0.4 is 0 Å². The molecule has 103 valence electrons. The van der Waals surface area contributed by atoms with Crippen LogP contribution in [0.25, 0.3) is 0 Å². The van der Waals surface area contributed by atoms with Gasteiger partial charge >= 0.3 is 0 Å². The Kier molecular flexibility index (Phi) is 9.37. The predicted octanol–water partition coefficient (Wildman–Crippen LogP) is 1.67. The van der Waals surface area contributed by atoms with Crippen LogP contribution >= 0.6 is 12.6 Å². The molecule has 0 rings (SSSR count). The van der Waals surface area contributed by atoms with Gasteiger partial charge < -0.3 is 14.9 Å². The molecular formula is C12H22NO3SSi. The topological polar surface area (TPSA) is 73.5 Å². The van der Waals surface area contributed by atoms with Crippen LogP contribution in [-0.2, 0) is 4.74 Å². The van der Waals surface area contributed by atoms with Gasteiger partial charge in [-0.05, 0) is 6.42 Å². The van der Waals surface area contributed by atoms with Gasteiger partial charge in [-0.1, -0.05) is 39.0 Å². The van der Waals surface area contributed by atoms with Gasteiger partial charge in [0.15, 0.2) is 0 Å². The number of thiol groups is 1. The van der Waals surface area contributed by atoms with Crippen molar-refractivity contribution in [1.82, 2.24) is 0 Å². The second-order valence-electron chi connectivity index (χ2n) is 4.23. The summed E-state index contributed by atoms with van der Waals surface area (Å²) in [6.45, 7) is 2.15.